The average Bonchev–Trinajstić information content (AvgIpc) is 3.15. The van der Waals surface area contributed by atoms with Crippen LogP contribution >= 0.6 is 0 Å². The monoisotopic (exact) mass is 477 g/mol. The minimum absolute atomic E-state index is 0.0202. The quantitative estimate of drug-likeness (QED) is 0.547. The van der Waals surface area contributed by atoms with Gasteiger partial charge in [0.25, 0.3) is 5.91 Å². The first-order valence-electron chi connectivity index (χ1n) is 10.7. The first-order chi connectivity index (χ1) is 15.7. The van der Waals surface area contributed by atoms with Crippen LogP contribution in [-0.4, -0.2) is 64.2 Å². The van der Waals surface area contributed by atoms with E-state index in [1.165, 1.54) is 21.3 Å². The molecule has 0 saturated carbocycles. The van der Waals surface area contributed by atoms with E-state index in [0.717, 1.165) is 5.56 Å². The fourth-order valence-corrected chi connectivity index (χ4v) is 5.66. The number of hydrogen-bond donors (Lipinski definition) is 0. The molecule has 0 N–H and O–H groups in total. The van der Waals surface area contributed by atoms with Gasteiger partial charge in [-0.05, 0) is 62.2 Å². The van der Waals surface area contributed by atoms with Crippen molar-refractivity contribution in [3.8, 4) is 23.0 Å². The molecule has 0 unspecified atom stereocenters. The average molecular weight is 478 g/mol. The fourth-order valence-electron chi connectivity index (χ4n) is 3.93. The zero-order chi connectivity index (χ0) is 24.2. The highest BCUT2D eigenvalue weighted by Crippen LogP contribution is 2.39. The Morgan fingerprint density at radius 3 is 2.09 bits per heavy atom. The van der Waals surface area contributed by atoms with E-state index >= 15 is 0 Å². The maximum Gasteiger partial charge on any atom is 0.254 e. The van der Waals surface area contributed by atoms with Crippen molar-refractivity contribution in [3.05, 3.63) is 47.5 Å². The molecule has 9 heteroatoms. The summed E-state index contributed by atoms with van der Waals surface area (Å²) in [6.45, 7) is 4.05. The van der Waals surface area contributed by atoms with E-state index in [4.69, 9.17) is 18.9 Å². The molecule has 2 aromatic carbocycles. The third kappa shape index (κ3) is 5.90. The summed E-state index contributed by atoms with van der Waals surface area (Å²) in [5.74, 6) is 1.81. The highest BCUT2D eigenvalue weighted by molar-refractivity contribution is 7.91. The third-order valence-corrected chi connectivity index (χ3v) is 7.21. The molecule has 1 aliphatic heterocycles. The van der Waals surface area contributed by atoms with Gasteiger partial charge in [0, 0.05) is 18.2 Å². The van der Waals surface area contributed by atoms with Crippen molar-refractivity contribution in [2.75, 3.05) is 32.8 Å². The van der Waals surface area contributed by atoms with Gasteiger partial charge in [0.1, 0.15) is 5.75 Å². The number of nitrogens with zero attached hydrogens (tertiary/aromatic N) is 1. The molecule has 0 aromatic heterocycles. The Morgan fingerprint density at radius 2 is 1.64 bits per heavy atom. The second kappa shape index (κ2) is 10.3. The molecule has 8 nitrogen and oxygen atoms in total. The molecule has 2 aromatic rings. The topological polar surface area (TPSA) is 91.4 Å². The summed E-state index contributed by atoms with van der Waals surface area (Å²) >= 11 is 0. The molecular formula is C24H31NO7S. The van der Waals surface area contributed by atoms with Gasteiger partial charge >= 0.3 is 0 Å². The van der Waals surface area contributed by atoms with Crippen LogP contribution in [0.4, 0.5) is 0 Å². The van der Waals surface area contributed by atoms with Crippen molar-refractivity contribution in [2.24, 2.45) is 0 Å². The molecule has 1 aliphatic rings. The molecule has 0 aliphatic carbocycles. The van der Waals surface area contributed by atoms with Crippen LogP contribution in [0, 0.1) is 0 Å². The minimum Gasteiger partial charge on any atom is -0.493 e. The molecule has 0 radical (unpaired) electrons. The summed E-state index contributed by atoms with van der Waals surface area (Å²) < 4.78 is 46.3. The molecule has 180 valence electrons. The molecule has 0 bridgehead atoms. The zero-order valence-electron chi connectivity index (χ0n) is 19.7. The molecule has 1 atom stereocenters. The van der Waals surface area contributed by atoms with Crippen LogP contribution in [0.25, 0.3) is 0 Å². The first-order valence-corrected chi connectivity index (χ1v) is 12.6. The molecule has 1 saturated heterocycles. The van der Waals surface area contributed by atoms with Gasteiger partial charge in [0.05, 0.1) is 38.9 Å². The number of rotatable bonds is 9. The summed E-state index contributed by atoms with van der Waals surface area (Å²) in [5, 5.41) is 0. The number of sulfone groups is 1. The normalized spacial score (nSPS) is 17.0. The Bertz CT molecular complexity index is 1060. The maximum atomic E-state index is 13.5. The van der Waals surface area contributed by atoms with Crippen LogP contribution in [0.5, 0.6) is 23.0 Å². The van der Waals surface area contributed by atoms with Gasteiger partial charge < -0.3 is 23.8 Å². The molecule has 0 spiro atoms. The third-order valence-electron chi connectivity index (χ3n) is 5.46. The van der Waals surface area contributed by atoms with Gasteiger partial charge in [0.2, 0.25) is 5.75 Å². The van der Waals surface area contributed by atoms with Crippen LogP contribution < -0.4 is 18.9 Å². The van der Waals surface area contributed by atoms with E-state index in [2.05, 4.69) is 0 Å². The van der Waals surface area contributed by atoms with E-state index < -0.39 is 15.9 Å². The van der Waals surface area contributed by atoms with Crippen molar-refractivity contribution in [1.82, 2.24) is 4.90 Å². The summed E-state index contributed by atoms with van der Waals surface area (Å²) in [6.07, 6.45) is 0.416. The lowest BCUT2D eigenvalue weighted by molar-refractivity contribution is 0.0680. The standard InChI is InChI=1S/C24H31NO7S/c1-16(2)32-20-8-6-18(7-9-20)24(26)25(19-10-11-33(27,28)15-19)14-17-12-21(29-3)23(31-5)22(13-17)30-4/h6-9,12-13,16,19H,10-11,14-15H2,1-5H3/t19-/m1/s1. The van der Waals surface area contributed by atoms with Gasteiger partial charge in [-0.15, -0.1) is 0 Å². The van der Waals surface area contributed by atoms with E-state index in [1.54, 1.807) is 41.3 Å². The zero-order valence-corrected chi connectivity index (χ0v) is 20.5. The van der Waals surface area contributed by atoms with E-state index in [9.17, 15) is 13.2 Å². The number of ether oxygens (including phenoxy) is 4. The van der Waals surface area contributed by atoms with Gasteiger partial charge in [-0.2, -0.15) is 0 Å². The maximum absolute atomic E-state index is 13.5. The predicted octanol–water partition coefficient (Wildman–Crippen LogP) is 3.33. The van der Waals surface area contributed by atoms with E-state index in [1.807, 2.05) is 13.8 Å². The molecule has 1 heterocycles. The Morgan fingerprint density at radius 1 is 1.03 bits per heavy atom. The molecule has 1 fully saturated rings. The van der Waals surface area contributed by atoms with Crippen LogP contribution in [0.1, 0.15) is 36.2 Å². The van der Waals surface area contributed by atoms with Gasteiger partial charge in [0.15, 0.2) is 21.3 Å². The van der Waals surface area contributed by atoms with Crippen molar-refractivity contribution in [2.45, 2.75) is 39.0 Å². The van der Waals surface area contributed by atoms with Crippen LogP contribution in [-0.2, 0) is 16.4 Å². The second-order valence-corrected chi connectivity index (χ2v) is 10.4. The Kier molecular flexibility index (Phi) is 7.73. The van der Waals surface area contributed by atoms with E-state index in [0.29, 0.717) is 35.0 Å². The molecule has 33 heavy (non-hydrogen) atoms. The Labute approximate surface area is 195 Å². The number of hydrogen-bond acceptors (Lipinski definition) is 7. The van der Waals surface area contributed by atoms with Crippen molar-refractivity contribution >= 4 is 15.7 Å². The van der Waals surface area contributed by atoms with Crippen LogP contribution in [0.3, 0.4) is 0 Å². The van der Waals surface area contributed by atoms with Crippen LogP contribution in [0.2, 0.25) is 0 Å². The van der Waals surface area contributed by atoms with E-state index in [-0.39, 0.29) is 30.1 Å². The SMILES string of the molecule is COc1cc(CN(C(=O)c2ccc(OC(C)C)cc2)[C@@H]2CCS(=O)(=O)C2)cc(OC)c1OC. The van der Waals surface area contributed by atoms with Crippen molar-refractivity contribution < 1.29 is 32.2 Å². The highest BCUT2D eigenvalue weighted by Gasteiger charge is 2.35. The summed E-state index contributed by atoms with van der Waals surface area (Å²) in [7, 11) is 1.38. The number of benzene rings is 2. The number of carbonyl (C=O) groups excluding carboxylic acids is 1. The van der Waals surface area contributed by atoms with Crippen molar-refractivity contribution in [3.63, 3.8) is 0 Å². The lowest BCUT2D eigenvalue weighted by Gasteiger charge is -2.29. The summed E-state index contributed by atoms with van der Waals surface area (Å²) in [5.41, 5.74) is 1.20. The molecular weight excluding hydrogens is 446 g/mol. The summed E-state index contributed by atoms with van der Waals surface area (Å²) in [4.78, 5) is 15.1. The van der Waals surface area contributed by atoms with Crippen molar-refractivity contribution in [1.29, 1.82) is 0 Å². The number of methoxy groups -OCH3 is 3. The number of amides is 1. The highest BCUT2D eigenvalue weighted by atomic mass is 32.2. The van der Waals surface area contributed by atoms with Gasteiger partial charge in [-0.3, -0.25) is 4.79 Å². The first kappa shape index (κ1) is 24.7. The predicted molar refractivity (Wildman–Crippen MR) is 125 cm³/mol. The largest absolute Gasteiger partial charge is 0.493 e. The van der Waals surface area contributed by atoms with Crippen LogP contribution in [0.15, 0.2) is 36.4 Å². The number of carbonyl (C=O) groups is 1. The Balaban J connectivity index is 1.95. The Hall–Kier alpha value is -2.94. The smallest absolute Gasteiger partial charge is 0.254 e. The summed E-state index contributed by atoms with van der Waals surface area (Å²) in [6, 6.07) is 10.0. The lowest BCUT2D eigenvalue weighted by atomic mass is 10.1. The van der Waals surface area contributed by atoms with Gasteiger partial charge in [-0.25, -0.2) is 8.42 Å². The second-order valence-electron chi connectivity index (χ2n) is 8.21. The minimum atomic E-state index is -3.19. The lowest BCUT2D eigenvalue weighted by Crippen LogP contribution is -2.40. The molecule has 1 amide bonds. The fraction of sp³-hybridized carbons (Fsp3) is 0.458. The molecule has 3 rings (SSSR count). The van der Waals surface area contributed by atoms with Gasteiger partial charge in [-0.1, -0.05) is 0 Å².